The van der Waals surface area contributed by atoms with E-state index in [4.69, 9.17) is 0 Å². The smallest absolute Gasteiger partial charge is 1.00 e. The number of rotatable bonds is 4. The number of benzene rings is 2. The minimum Gasteiger partial charge on any atom is -1.00 e. The van der Waals surface area contributed by atoms with Crippen LogP contribution in [0.4, 0.5) is 0 Å². The third-order valence-corrected chi connectivity index (χ3v) is 13.0. The second-order valence-electron chi connectivity index (χ2n) is 6.57. The van der Waals surface area contributed by atoms with Crippen molar-refractivity contribution in [1.82, 2.24) is 0 Å². The van der Waals surface area contributed by atoms with Gasteiger partial charge in [0.2, 0.25) is 0 Å². The molecule has 0 aliphatic heterocycles. The van der Waals surface area contributed by atoms with Gasteiger partial charge in [-0.05, 0) is 0 Å². The van der Waals surface area contributed by atoms with Gasteiger partial charge in [-0.15, -0.1) is 0 Å². The average Bonchev–Trinajstić information content (AvgIpc) is 3.33. The summed E-state index contributed by atoms with van der Waals surface area (Å²) in [7, 11) is 0. The van der Waals surface area contributed by atoms with Gasteiger partial charge in [0.1, 0.15) is 0 Å². The largest absolute Gasteiger partial charge is 1.00 e. The third-order valence-electron chi connectivity index (χ3n) is 4.93. The van der Waals surface area contributed by atoms with Crippen LogP contribution in [-0.4, -0.2) is 3.21 Å². The molecule has 27 heavy (non-hydrogen) atoms. The van der Waals surface area contributed by atoms with E-state index in [-0.39, 0.29) is 24.8 Å². The van der Waals surface area contributed by atoms with E-state index in [1.165, 1.54) is 16.7 Å². The van der Waals surface area contributed by atoms with Crippen molar-refractivity contribution in [2.24, 2.45) is 0 Å². The van der Waals surface area contributed by atoms with Crippen molar-refractivity contribution in [3.8, 4) is 0 Å². The van der Waals surface area contributed by atoms with Gasteiger partial charge >= 0.3 is 159 Å². The molecule has 2 aromatic rings. The predicted octanol–water partition coefficient (Wildman–Crippen LogP) is -0.0407. The molecule has 0 atom stereocenters. The normalized spacial score (nSPS) is 14.1. The van der Waals surface area contributed by atoms with Gasteiger partial charge < -0.3 is 24.8 Å². The van der Waals surface area contributed by atoms with Crippen molar-refractivity contribution < 1.29 is 46.1 Å². The maximum atomic E-state index is 2.40. The van der Waals surface area contributed by atoms with Crippen LogP contribution in [0.3, 0.4) is 0 Å². The predicted molar refractivity (Wildman–Crippen MR) is 104 cm³/mol. The van der Waals surface area contributed by atoms with Crippen molar-refractivity contribution in [1.29, 1.82) is 0 Å². The van der Waals surface area contributed by atoms with Gasteiger partial charge in [-0.3, -0.25) is 0 Å². The van der Waals surface area contributed by atoms with Gasteiger partial charge in [0, 0.05) is 0 Å². The second kappa shape index (κ2) is 10.3. The molecule has 2 aliphatic carbocycles. The van der Waals surface area contributed by atoms with Crippen LogP contribution >= 0.6 is 0 Å². The van der Waals surface area contributed by atoms with Crippen LogP contribution in [0.2, 0.25) is 0 Å². The SMILES string of the molecule is CC1=[C]([Zr+2]([C]2=CC=CC2)=[C](c2ccccc2)c2ccccc2)CC=C1.[Cl-].[Cl-]. The topological polar surface area (TPSA) is 0 Å². The number of halogens is 2. The fraction of sp³-hybridized carbons (Fsp3) is 0.125. The summed E-state index contributed by atoms with van der Waals surface area (Å²) < 4.78 is 5.06. The minimum absolute atomic E-state index is 0. The molecule has 0 unspecified atom stereocenters. The van der Waals surface area contributed by atoms with Crippen LogP contribution in [0.5, 0.6) is 0 Å². The van der Waals surface area contributed by atoms with Crippen LogP contribution < -0.4 is 24.8 Å². The Balaban J connectivity index is 0.00000131. The summed E-state index contributed by atoms with van der Waals surface area (Å²) in [5, 5.41) is 0. The zero-order valence-corrected chi connectivity index (χ0v) is 19.3. The van der Waals surface area contributed by atoms with Crippen molar-refractivity contribution in [3.05, 3.63) is 114 Å². The molecule has 2 aromatic carbocycles. The first kappa shape index (κ1) is 22.0. The molecule has 0 amide bonds. The Labute approximate surface area is 182 Å². The maximum absolute atomic E-state index is 2.40. The molecular weight excluding hydrogens is 450 g/mol. The van der Waals surface area contributed by atoms with Crippen molar-refractivity contribution in [2.45, 2.75) is 19.8 Å². The molecule has 2 aliphatic rings. The first-order chi connectivity index (χ1) is 12.3. The Bertz CT molecular complexity index is 891. The molecule has 4 rings (SSSR count). The Kier molecular flexibility index (Phi) is 8.42. The first-order valence-electron chi connectivity index (χ1n) is 8.92. The van der Waals surface area contributed by atoms with E-state index in [1.807, 2.05) is 0 Å². The van der Waals surface area contributed by atoms with E-state index >= 15 is 0 Å². The monoisotopic (exact) mass is 470 g/mol. The molecule has 0 heterocycles. The summed E-state index contributed by atoms with van der Waals surface area (Å²) in [5.74, 6) is 0. The quantitative estimate of drug-likeness (QED) is 0.586. The summed E-state index contributed by atoms with van der Waals surface area (Å²) in [4.78, 5) is 0. The second-order valence-corrected chi connectivity index (χ2v) is 12.7. The molecule has 0 bridgehead atoms. The van der Waals surface area contributed by atoms with Gasteiger partial charge in [0.25, 0.3) is 0 Å². The summed E-state index contributed by atoms with van der Waals surface area (Å²) in [6.45, 7) is 2.30. The standard InChI is InChI=1S/C13H10.C6H7.C5H5.2ClH.Zr/c1-3-7-12(8-4-1)11-13-9-5-2-6-10-13;1-6-4-2-3-5-6;1-2-4-5-3-1;;;/h1-10H;2,4H,3H2,1H3;1-3H,4H2;2*1H;/q;;;;;+2/p-2. The molecule has 0 fully saturated rings. The summed E-state index contributed by atoms with van der Waals surface area (Å²) >= 11 is -2.17. The van der Waals surface area contributed by atoms with Crippen molar-refractivity contribution in [3.63, 3.8) is 0 Å². The molecule has 0 nitrogen and oxygen atoms in total. The van der Waals surface area contributed by atoms with E-state index in [1.54, 1.807) is 9.77 Å². The first-order valence-corrected chi connectivity index (χ1v) is 12.6. The van der Waals surface area contributed by atoms with Crippen molar-refractivity contribution >= 4 is 3.21 Å². The number of allylic oxidation sites excluding steroid dienone is 8. The third kappa shape index (κ3) is 4.78. The van der Waals surface area contributed by atoms with Gasteiger partial charge in [0.05, 0.1) is 0 Å². The summed E-state index contributed by atoms with van der Waals surface area (Å²) in [5.41, 5.74) is 4.32. The van der Waals surface area contributed by atoms with Crippen LogP contribution in [0.15, 0.2) is 103 Å². The fourth-order valence-corrected chi connectivity index (χ4v) is 11.8. The Morgan fingerprint density at radius 2 is 1.37 bits per heavy atom. The van der Waals surface area contributed by atoms with E-state index in [0.717, 1.165) is 12.8 Å². The maximum Gasteiger partial charge on any atom is -1.00 e. The van der Waals surface area contributed by atoms with Crippen LogP contribution in [-0.2, 0) is 21.3 Å². The molecule has 0 N–H and O–H groups in total. The van der Waals surface area contributed by atoms with E-state index in [0.29, 0.717) is 0 Å². The molecule has 3 heteroatoms. The van der Waals surface area contributed by atoms with E-state index in [9.17, 15) is 0 Å². The molecule has 0 spiro atoms. The molecule has 0 radical (unpaired) electrons. The van der Waals surface area contributed by atoms with Gasteiger partial charge in [-0.1, -0.05) is 0 Å². The summed E-state index contributed by atoms with van der Waals surface area (Å²) in [6.07, 6.45) is 13.9. The molecular formula is C24H22Cl2Zr. The molecule has 0 saturated carbocycles. The van der Waals surface area contributed by atoms with E-state index in [2.05, 4.69) is 98.0 Å². The Hall–Kier alpha value is -1.27. The van der Waals surface area contributed by atoms with Crippen LogP contribution in [0.25, 0.3) is 0 Å². The summed E-state index contributed by atoms with van der Waals surface area (Å²) in [6, 6.07) is 22.1. The van der Waals surface area contributed by atoms with E-state index < -0.39 is 21.3 Å². The van der Waals surface area contributed by atoms with Gasteiger partial charge in [0.15, 0.2) is 0 Å². The molecule has 0 aromatic heterocycles. The minimum atomic E-state index is -2.17. The zero-order valence-electron chi connectivity index (χ0n) is 15.3. The van der Waals surface area contributed by atoms with Crippen LogP contribution in [0.1, 0.15) is 30.9 Å². The van der Waals surface area contributed by atoms with Crippen LogP contribution in [0, 0.1) is 0 Å². The number of hydrogen-bond donors (Lipinski definition) is 0. The van der Waals surface area contributed by atoms with Gasteiger partial charge in [-0.25, -0.2) is 0 Å². The fourth-order valence-electron chi connectivity index (χ4n) is 3.72. The van der Waals surface area contributed by atoms with Gasteiger partial charge in [-0.2, -0.15) is 0 Å². The van der Waals surface area contributed by atoms with Crippen molar-refractivity contribution in [2.75, 3.05) is 0 Å². The zero-order chi connectivity index (χ0) is 17.1. The molecule has 0 saturated heterocycles. The Morgan fingerprint density at radius 3 is 1.81 bits per heavy atom. The average molecular weight is 473 g/mol. The Morgan fingerprint density at radius 1 is 0.778 bits per heavy atom. The molecule has 136 valence electrons. The number of hydrogen-bond acceptors (Lipinski definition) is 0.